The van der Waals surface area contributed by atoms with E-state index in [4.69, 9.17) is 0 Å². The van der Waals surface area contributed by atoms with Gasteiger partial charge in [0.25, 0.3) is 0 Å². The molecular formula is C16H19F3N4. The van der Waals surface area contributed by atoms with Gasteiger partial charge in [-0.1, -0.05) is 6.07 Å². The summed E-state index contributed by atoms with van der Waals surface area (Å²) < 4.78 is 39.7. The van der Waals surface area contributed by atoms with Crippen LogP contribution in [-0.2, 0) is 25.7 Å². The number of alkyl halides is 3. The summed E-state index contributed by atoms with van der Waals surface area (Å²) in [5.74, 6) is 0.844. The molecule has 4 nitrogen and oxygen atoms in total. The first kappa shape index (κ1) is 16.0. The van der Waals surface area contributed by atoms with Crippen LogP contribution in [0.2, 0.25) is 0 Å². The van der Waals surface area contributed by atoms with Crippen molar-refractivity contribution in [2.24, 2.45) is 5.92 Å². The first-order valence-corrected chi connectivity index (χ1v) is 7.67. The molecule has 3 rings (SSSR count). The van der Waals surface area contributed by atoms with Crippen LogP contribution < -0.4 is 5.32 Å². The average Bonchev–Trinajstić information content (AvgIpc) is 2.93. The maximum atomic E-state index is 12.7. The Kier molecular flexibility index (Phi) is 4.39. The Morgan fingerprint density at radius 2 is 2.17 bits per heavy atom. The number of rotatable bonds is 4. The lowest BCUT2D eigenvalue weighted by Gasteiger charge is -2.23. The molecule has 2 aromatic heterocycles. The Morgan fingerprint density at radius 3 is 2.87 bits per heavy atom. The van der Waals surface area contributed by atoms with Crippen LogP contribution in [0.5, 0.6) is 0 Å². The van der Waals surface area contributed by atoms with Gasteiger partial charge in [0.2, 0.25) is 0 Å². The third-order valence-corrected chi connectivity index (χ3v) is 4.09. The molecule has 7 heteroatoms. The van der Waals surface area contributed by atoms with Crippen LogP contribution in [0.4, 0.5) is 13.2 Å². The summed E-state index contributed by atoms with van der Waals surface area (Å²) in [6.45, 7) is 3.99. The standard InChI is InChI=1S/C16H19F3N4/c1-11-2-4-13(21-6-11)8-20-7-12-3-5-15-22-14(16(17,18)19)10-23(15)9-12/h2,4,6,10,12,20H,3,5,7-9H2,1H3. The van der Waals surface area contributed by atoms with E-state index in [0.717, 1.165) is 30.4 Å². The molecule has 1 atom stereocenters. The number of hydrogen-bond donors (Lipinski definition) is 1. The van der Waals surface area contributed by atoms with Crippen molar-refractivity contribution in [1.29, 1.82) is 0 Å². The number of hydrogen-bond acceptors (Lipinski definition) is 3. The van der Waals surface area contributed by atoms with Crippen LogP contribution in [0.1, 0.15) is 29.2 Å². The fourth-order valence-corrected chi connectivity index (χ4v) is 2.83. The molecule has 3 heterocycles. The van der Waals surface area contributed by atoms with E-state index in [9.17, 15) is 13.2 Å². The second kappa shape index (κ2) is 6.31. The second-order valence-electron chi connectivity index (χ2n) is 6.05. The molecule has 1 aliphatic heterocycles. The van der Waals surface area contributed by atoms with Gasteiger partial charge in [0.15, 0.2) is 5.69 Å². The van der Waals surface area contributed by atoms with Gasteiger partial charge in [-0.05, 0) is 30.9 Å². The number of pyridine rings is 1. The summed E-state index contributed by atoms with van der Waals surface area (Å²) in [6, 6.07) is 3.99. The number of imidazole rings is 1. The fraction of sp³-hybridized carbons (Fsp3) is 0.500. The van der Waals surface area contributed by atoms with Crippen LogP contribution in [0.15, 0.2) is 24.5 Å². The van der Waals surface area contributed by atoms with Gasteiger partial charge in [-0.15, -0.1) is 0 Å². The summed E-state index contributed by atoms with van der Waals surface area (Å²) in [5.41, 5.74) is 1.30. The first-order chi connectivity index (χ1) is 10.9. The van der Waals surface area contributed by atoms with Crippen molar-refractivity contribution in [3.63, 3.8) is 0 Å². The minimum absolute atomic E-state index is 0.309. The Balaban J connectivity index is 1.53. The Bertz CT molecular complexity index is 661. The molecule has 0 spiro atoms. The molecule has 0 fully saturated rings. The number of halogens is 3. The third kappa shape index (κ3) is 3.90. The zero-order valence-electron chi connectivity index (χ0n) is 12.9. The van der Waals surface area contributed by atoms with Crippen molar-refractivity contribution < 1.29 is 13.2 Å². The maximum absolute atomic E-state index is 12.7. The van der Waals surface area contributed by atoms with Crippen LogP contribution in [0.25, 0.3) is 0 Å². The molecule has 0 bridgehead atoms. The van der Waals surface area contributed by atoms with Gasteiger partial charge in [0.1, 0.15) is 5.82 Å². The van der Waals surface area contributed by atoms with Crippen molar-refractivity contribution in [3.8, 4) is 0 Å². The highest BCUT2D eigenvalue weighted by molar-refractivity contribution is 5.12. The van der Waals surface area contributed by atoms with Gasteiger partial charge < -0.3 is 9.88 Å². The minimum Gasteiger partial charge on any atom is -0.334 e. The average molecular weight is 324 g/mol. The summed E-state index contributed by atoms with van der Waals surface area (Å²) in [7, 11) is 0. The highest BCUT2D eigenvalue weighted by Crippen LogP contribution is 2.30. The predicted octanol–water partition coefficient (Wildman–Crippen LogP) is 2.96. The van der Waals surface area contributed by atoms with Crippen LogP contribution in [0, 0.1) is 12.8 Å². The Hall–Kier alpha value is -1.89. The van der Waals surface area contributed by atoms with E-state index < -0.39 is 11.9 Å². The van der Waals surface area contributed by atoms with Crippen molar-refractivity contribution in [2.75, 3.05) is 6.54 Å². The normalized spacial score (nSPS) is 18.0. The lowest BCUT2D eigenvalue weighted by molar-refractivity contribution is -0.141. The summed E-state index contributed by atoms with van der Waals surface area (Å²) in [6.07, 6.45) is 0.0279. The van der Waals surface area contributed by atoms with E-state index in [2.05, 4.69) is 15.3 Å². The van der Waals surface area contributed by atoms with Gasteiger partial charge in [-0.2, -0.15) is 13.2 Å². The van der Waals surface area contributed by atoms with Crippen molar-refractivity contribution in [3.05, 3.63) is 47.3 Å². The van der Waals surface area contributed by atoms with Crippen LogP contribution >= 0.6 is 0 Å². The third-order valence-electron chi connectivity index (χ3n) is 4.09. The zero-order valence-corrected chi connectivity index (χ0v) is 12.9. The Labute approximate surface area is 132 Å². The molecule has 0 amide bonds. The maximum Gasteiger partial charge on any atom is 0.434 e. The van der Waals surface area contributed by atoms with E-state index in [-0.39, 0.29) is 0 Å². The Morgan fingerprint density at radius 1 is 1.35 bits per heavy atom. The summed E-state index contributed by atoms with van der Waals surface area (Å²) >= 11 is 0. The van der Waals surface area contributed by atoms with E-state index >= 15 is 0 Å². The van der Waals surface area contributed by atoms with Gasteiger partial charge in [-0.3, -0.25) is 4.98 Å². The van der Waals surface area contributed by atoms with Gasteiger partial charge in [0, 0.05) is 38.4 Å². The molecule has 1 aliphatic rings. The molecule has 0 saturated heterocycles. The second-order valence-corrected chi connectivity index (χ2v) is 6.05. The molecule has 1 unspecified atom stereocenters. The summed E-state index contributed by atoms with van der Waals surface area (Å²) in [5, 5.41) is 3.34. The minimum atomic E-state index is -4.37. The van der Waals surface area contributed by atoms with Crippen molar-refractivity contribution in [2.45, 2.75) is 39.0 Å². The van der Waals surface area contributed by atoms with Crippen LogP contribution in [0.3, 0.4) is 0 Å². The SMILES string of the molecule is Cc1ccc(CNCC2CCc3nc(C(F)(F)F)cn3C2)nc1. The fourth-order valence-electron chi connectivity index (χ4n) is 2.83. The van der Waals surface area contributed by atoms with Crippen molar-refractivity contribution >= 4 is 0 Å². The molecule has 23 heavy (non-hydrogen) atoms. The lowest BCUT2D eigenvalue weighted by Crippen LogP contribution is -2.29. The smallest absolute Gasteiger partial charge is 0.334 e. The largest absolute Gasteiger partial charge is 0.434 e. The van der Waals surface area contributed by atoms with E-state index in [0.29, 0.717) is 31.3 Å². The monoisotopic (exact) mass is 324 g/mol. The molecule has 1 N–H and O–H groups in total. The topological polar surface area (TPSA) is 42.7 Å². The van der Waals surface area contributed by atoms with Gasteiger partial charge in [0.05, 0.1) is 5.69 Å². The molecular weight excluding hydrogens is 305 g/mol. The number of aromatic nitrogens is 3. The van der Waals surface area contributed by atoms with Crippen LogP contribution in [-0.4, -0.2) is 21.1 Å². The number of nitrogens with one attached hydrogen (secondary N) is 1. The molecule has 2 aromatic rings. The highest BCUT2D eigenvalue weighted by Gasteiger charge is 2.35. The molecule has 0 radical (unpaired) electrons. The molecule has 0 saturated carbocycles. The molecule has 0 aliphatic carbocycles. The molecule has 124 valence electrons. The summed E-state index contributed by atoms with van der Waals surface area (Å²) in [4.78, 5) is 8.02. The molecule has 0 aromatic carbocycles. The zero-order chi connectivity index (χ0) is 16.4. The number of nitrogens with zero attached hydrogens (tertiary/aromatic N) is 3. The number of aryl methyl sites for hydroxylation is 2. The van der Waals surface area contributed by atoms with E-state index in [1.807, 2.05) is 25.3 Å². The van der Waals surface area contributed by atoms with Gasteiger partial charge in [-0.25, -0.2) is 4.98 Å². The van der Waals surface area contributed by atoms with E-state index in [1.54, 1.807) is 4.57 Å². The van der Waals surface area contributed by atoms with Crippen molar-refractivity contribution in [1.82, 2.24) is 19.9 Å². The van der Waals surface area contributed by atoms with E-state index in [1.165, 1.54) is 0 Å². The highest BCUT2D eigenvalue weighted by atomic mass is 19.4. The quantitative estimate of drug-likeness (QED) is 0.940. The lowest BCUT2D eigenvalue weighted by atomic mass is 9.99. The number of fused-ring (bicyclic) bond motifs is 1. The van der Waals surface area contributed by atoms with Gasteiger partial charge >= 0.3 is 6.18 Å². The predicted molar refractivity (Wildman–Crippen MR) is 79.7 cm³/mol. The first-order valence-electron chi connectivity index (χ1n) is 7.67.